The van der Waals surface area contributed by atoms with Crippen LogP contribution in [0.1, 0.15) is 12.5 Å². The van der Waals surface area contributed by atoms with Gasteiger partial charge in [-0.2, -0.15) is 0 Å². The van der Waals surface area contributed by atoms with Crippen molar-refractivity contribution in [3.63, 3.8) is 0 Å². The van der Waals surface area contributed by atoms with Gasteiger partial charge in [0.2, 0.25) is 0 Å². The predicted molar refractivity (Wildman–Crippen MR) is 127 cm³/mol. The van der Waals surface area contributed by atoms with Gasteiger partial charge < -0.3 is 4.90 Å². The van der Waals surface area contributed by atoms with E-state index in [-0.39, 0.29) is 24.2 Å². The first kappa shape index (κ1) is 22.2. The summed E-state index contributed by atoms with van der Waals surface area (Å²) in [4.78, 5) is 55.1. The van der Waals surface area contributed by atoms with Crippen molar-refractivity contribution in [1.82, 2.24) is 9.80 Å². The first-order valence-electron chi connectivity index (χ1n) is 10.1. The van der Waals surface area contributed by atoms with Crippen LogP contribution in [0, 0.1) is 0 Å². The van der Waals surface area contributed by atoms with Crippen LogP contribution in [-0.2, 0) is 9.59 Å². The second kappa shape index (κ2) is 9.62. The normalized spacial score (nSPS) is 20.0. The summed E-state index contributed by atoms with van der Waals surface area (Å²) in [6.07, 6.45) is 1.67. The van der Waals surface area contributed by atoms with Gasteiger partial charge in [0.15, 0.2) is 5.37 Å². The molecule has 2 saturated heterocycles. The predicted octanol–water partition coefficient (Wildman–Crippen LogP) is 4.27. The molecule has 164 valence electrons. The molecule has 7 nitrogen and oxygen atoms in total. The summed E-state index contributed by atoms with van der Waals surface area (Å²) in [5.41, 5.74) is 1.68. The minimum atomic E-state index is -0.664. The molecule has 0 bridgehead atoms. The zero-order chi connectivity index (χ0) is 22.7. The number of hydrogen-bond donors (Lipinski definition) is 0. The van der Waals surface area contributed by atoms with E-state index in [0.717, 1.165) is 44.6 Å². The molecule has 0 aromatic heterocycles. The number of rotatable bonds is 7. The second-order valence-corrected chi connectivity index (χ2v) is 9.12. The van der Waals surface area contributed by atoms with E-state index in [9.17, 15) is 19.2 Å². The maximum absolute atomic E-state index is 13.0. The Kier molecular flexibility index (Phi) is 6.66. The van der Waals surface area contributed by atoms with Crippen molar-refractivity contribution in [3.8, 4) is 0 Å². The molecule has 0 spiro atoms. The number of benzene rings is 2. The van der Waals surface area contributed by atoms with Crippen molar-refractivity contribution in [1.29, 1.82) is 0 Å². The summed E-state index contributed by atoms with van der Waals surface area (Å²) >= 11 is 1.82. The topological polar surface area (TPSA) is 78.0 Å². The van der Waals surface area contributed by atoms with E-state index < -0.39 is 16.5 Å². The Bertz CT molecular complexity index is 1080. The Morgan fingerprint density at radius 2 is 1.50 bits per heavy atom. The minimum absolute atomic E-state index is 0.0236. The summed E-state index contributed by atoms with van der Waals surface area (Å²) in [7, 11) is 0. The van der Waals surface area contributed by atoms with Gasteiger partial charge in [-0.3, -0.25) is 29.0 Å². The van der Waals surface area contributed by atoms with E-state index in [4.69, 9.17) is 0 Å². The first-order valence-corrected chi connectivity index (χ1v) is 11.8. The number of thioether (sulfide) groups is 2. The number of carbonyl (C=O) groups excluding carboxylic acids is 4. The van der Waals surface area contributed by atoms with Crippen molar-refractivity contribution in [2.45, 2.75) is 12.3 Å². The largest absolute Gasteiger partial charge is 0.351 e. The number of para-hydroxylation sites is 1. The summed E-state index contributed by atoms with van der Waals surface area (Å²) in [6.45, 7) is 2.43. The van der Waals surface area contributed by atoms with Crippen LogP contribution in [-0.4, -0.2) is 57.1 Å². The van der Waals surface area contributed by atoms with Gasteiger partial charge in [0.05, 0.1) is 4.91 Å². The average molecular weight is 468 g/mol. The van der Waals surface area contributed by atoms with Crippen LogP contribution in [0.3, 0.4) is 0 Å². The standard InChI is InChI=1S/C23H21N3O4S2/c1-2-24(17-11-7-4-8-12-17)21-20(28)26(23(30)32-21)14-13-25-19(27)18(31-22(25)29)15-16-9-5-3-6-10-16/h3-12,15,21H,2,13-14H2,1H3/b18-15-. The second-order valence-electron chi connectivity index (χ2n) is 7.09. The van der Waals surface area contributed by atoms with Gasteiger partial charge in [-0.05, 0) is 54.2 Å². The number of amides is 4. The van der Waals surface area contributed by atoms with Gasteiger partial charge in [0.1, 0.15) is 0 Å². The number of hydrogen-bond acceptors (Lipinski definition) is 7. The molecule has 2 fully saturated rings. The smallest absolute Gasteiger partial charge is 0.293 e. The van der Waals surface area contributed by atoms with Gasteiger partial charge in [0, 0.05) is 25.3 Å². The van der Waals surface area contributed by atoms with Crippen molar-refractivity contribution in [2.75, 3.05) is 24.5 Å². The van der Waals surface area contributed by atoms with E-state index in [1.54, 1.807) is 6.08 Å². The molecular weight excluding hydrogens is 446 g/mol. The summed E-state index contributed by atoms with van der Waals surface area (Å²) in [5.74, 6) is -0.746. The zero-order valence-electron chi connectivity index (χ0n) is 17.3. The Hall–Kier alpha value is -3.04. The summed E-state index contributed by atoms with van der Waals surface area (Å²) < 4.78 is 0. The molecule has 2 aromatic carbocycles. The van der Waals surface area contributed by atoms with Crippen LogP contribution in [0.5, 0.6) is 0 Å². The van der Waals surface area contributed by atoms with E-state index in [1.165, 1.54) is 0 Å². The van der Waals surface area contributed by atoms with E-state index in [0.29, 0.717) is 11.4 Å². The number of anilines is 1. The van der Waals surface area contributed by atoms with Gasteiger partial charge in [0.25, 0.3) is 22.3 Å². The molecule has 0 saturated carbocycles. The number of nitrogens with zero attached hydrogens (tertiary/aromatic N) is 3. The maximum atomic E-state index is 13.0. The van der Waals surface area contributed by atoms with E-state index >= 15 is 0 Å². The lowest BCUT2D eigenvalue weighted by molar-refractivity contribution is -0.128. The SMILES string of the molecule is CCN(c1ccccc1)C1SC(=O)N(CCN2C(=O)S/C(=C\c3ccccc3)C2=O)C1=O. The van der Waals surface area contributed by atoms with Gasteiger partial charge in [-0.25, -0.2) is 0 Å². The molecule has 1 unspecified atom stereocenters. The monoisotopic (exact) mass is 467 g/mol. The number of likely N-dealkylation sites (N-methyl/N-ethyl adjacent to an activating group) is 1. The highest BCUT2D eigenvalue weighted by Crippen LogP contribution is 2.34. The van der Waals surface area contributed by atoms with E-state index in [2.05, 4.69) is 0 Å². The first-order chi connectivity index (χ1) is 15.5. The molecule has 4 rings (SSSR count). The molecule has 2 heterocycles. The van der Waals surface area contributed by atoms with Crippen molar-refractivity contribution >= 4 is 57.6 Å². The lowest BCUT2D eigenvalue weighted by atomic mass is 10.2. The molecule has 4 amide bonds. The fraction of sp³-hybridized carbons (Fsp3) is 0.217. The molecule has 0 aliphatic carbocycles. The zero-order valence-corrected chi connectivity index (χ0v) is 19.0. The number of imide groups is 2. The van der Waals surface area contributed by atoms with Crippen LogP contribution in [0.25, 0.3) is 6.08 Å². The molecule has 2 aromatic rings. The van der Waals surface area contributed by atoms with Crippen molar-refractivity contribution in [2.24, 2.45) is 0 Å². The van der Waals surface area contributed by atoms with Gasteiger partial charge >= 0.3 is 0 Å². The van der Waals surface area contributed by atoms with Crippen molar-refractivity contribution in [3.05, 3.63) is 71.1 Å². The van der Waals surface area contributed by atoms with Crippen LogP contribution in [0.4, 0.5) is 15.3 Å². The molecule has 2 aliphatic rings. The highest BCUT2D eigenvalue weighted by Gasteiger charge is 2.44. The lowest BCUT2D eigenvalue weighted by Gasteiger charge is -2.27. The third-order valence-electron chi connectivity index (χ3n) is 5.14. The van der Waals surface area contributed by atoms with E-state index in [1.807, 2.05) is 72.5 Å². The third kappa shape index (κ3) is 4.44. The average Bonchev–Trinajstić information content (AvgIpc) is 3.23. The highest BCUT2D eigenvalue weighted by atomic mass is 32.2. The van der Waals surface area contributed by atoms with Crippen LogP contribution in [0.2, 0.25) is 0 Å². The summed E-state index contributed by atoms with van der Waals surface area (Å²) in [5, 5.41) is -1.44. The third-order valence-corrected chi connectivity index (χ3v) is 7.15. The van der Waals surface area contributed by atoms with Crippen LogP contribution in [0.15, 0.2) is 65.6 Å². The molecule has 0 radical (unpaired) electrons. The lowest BCUT2D eigenvalue weighted by Crippen LogP contribution is -2.44. The van der Waals surface area contributed by atoms with Crippen molar-refractivity contribution < 1.29 is 19.2 Å². The van der Waals surface area contributed by atoms with Gasteiger partial charge in [-0.15, -0.1) is 0 Å². The molecular formula is C23H21N3O4S2. The highest BCUT2D eigenvalue weighted by molar-refractivity contribution is 8.18. The fourth-order valence-corrected chi connectivity index (χ4v) is 5.52. The quantitative estimate of drug-likeness (QED) is 0.563. The molecule has 0 N–H and O–H groups in total. The molecule has 9 heteroatoms. The molecule has 32 heavy (non-hydrogen) atoms. The Morgan fingerprint density at radius 3 is 2.16 bits per heavy atom. The number of carbonyl (C=O) groups is 4. The molecule has 2 aliphatic heterocycles. The van der Waals surface area contributed by atoms with Crippen LogP contribution < -0.4 is 4.90 Å². The van der Waals surface area contributed by atoms with Gasteiger partial charge in [-0.1, -0.05) is 48.5 Å². The summed E-state index contributed by atoms with van der Waals surface area (Å²) in [6, 6.07) is 18.7. The Morgan fingerprint density at radius 1 is 0.875 bits per heavy atom. The molecule has 1 atom stereocenters. The Labute approximate surface area is 194 Å². The minimum Gasteiger partial charge on any atom is -0.351 e. The fourth-order valence-electron chi connectivity index (χ4n) is 3.53. The van der Waals surface area contributed by atoms with Crippen LogP contribution >= 0.6 is 23.5 Å². The maximum Gasteiger partial charge on any atom is 0.293 e. The Balaban J connectivity index is 1.43.